The molecule has 20 heavy (non-hydrogen) atoms. The van der Waals surface area contributed by atoms with Crippen molar-refractivity contribution in [1.29, 1.82) is 0 Å². The zero-order valence-corrected chi connectivity index (χ0v) is 12.5. The van der Waals surface area contributed by atoms with Crippen molar-refractivity contribution in [2.45, 2.75) is 31.8 Å². The Balaban J connectivity index is 1.44. The van der Waals surface area contributed by atoms with Crippen LogP contribution in [0.15, 0.2) is 17.5 Å². The zero-order chi connectivity index (χ0) is 13.8. The van der Waals surface area contributed by atoms with E-state index in [9.17, 15) is 4.79 Å². The standard InChI is InChI=1S/C15H22N2O2S/c18-15(16-8-14-2-1-7-20-14)10-17(13-3-4-13)9-12-5-6-19-11-12/h1-2,7,12-13H,3-6,8-11H2,(H,16,18)/t12-/m1/s1. The molecule has 4 nitrogen and oxygen atoms in total. The first-order chi connectivity index (χ1) is 9.81. The van der Waals surface area contributed by atoms with Gasteiger partial charge in [0.25, 0.3) is 0 Å². The van der Waals surface area contributed by atoms with Crippen LogP contribution in [0.25, 0.3) is 0 Å². The van der Waals surface area contributed by atoms with Gasteiger partial charge in [-0.05, 0) is 36.6 Å². The number of nitrogens with zero attached hydrogens (tertiary/aromatic N) is 1. The van der Waals surface area contributed by atoms with Crippen LogP contribution >= 0.6 is 11.3 Å². The molecule has 1 aliphatic carbocycles. The maximum Gasteiger partial charge on any atom is 0.234 e. The van der Waals surface area contributed by atoms with E-state index < -0.39 is 0 Å². The number of amides is 1. The van der Waals surface area contributed by atoms with Crippen LogP contribution in [0.2, 0.25) is 0 Å². The summed E-state index contributed by atoms with van der Waals surface area (Å²) in [4.78, 5) is 15.6. The van der Waals surface area contributed by atoms with E-state index in [4.69, 9.17) is 4.74 Å². The van der Waals surface area contributed by atoms with Crippen molar-refractivity contribution in [2.24, 2.45) is 5.92 Å². The van der Waals surface area contributed by atoms with Crippen molar-refractivity contribution in [3.63, 3.8) is 0 Å². The summed E-state index contributed by atoms with van der Waals surface area (Å²) >= 11 is 1.68. The van der Waals surface area contributed by atoms with E-state index in [1.54, 1.807) is 11.3 Å². The van der Waals surface area contributed by atoms with E-state index in [0.717, 1.165) is 26.2 Å². The highest BCUT2D eigenvalue weighted by molar-refractivity contribution is 7.09. The second-order valence-electron chi connectivity index (χ2n) is 5.75. The molecule has 0 unspecified atom stereocenters. The third kappa shape index (κ3) is 4.04. The van der Waals surface area contributed by atoms with Gasteiger partial charge in [0.2, 0.25) is 5.91 Å². The van der Waals surface area contributed by atoms with Crippen LogP contribution in [0.1, 0.15) is 24.1 Å². The average molecular weight is 294 g/mol. The third-order valence-electron chi connectivity index (χ3n) is 3.97. The minimum Gasteiger partial charge on any atom is -0.381 e. The van der Waals surface area contributed by atoms with Crippen LogP contribution in [0.5, 0.6) is 0 Å². The SMILES string of the molecule is O=C(CN(C[C@H]1CCOC1)C1CC1)NCc1cccs1. The number of carbonyl (C=O) groups excluding carboxylic acids is 1. The van der Waals surface area contributed by atoms with Gasteiger partial charge in [-0.2, -0.15) is 0 Å². The van der Waals surface area contributed by atoms with Gasteiger partial charge in [-0.15, -0.1) is 11.3 Å². The van der Waals surface area contributed by atoms with Gasteiger partial charge in [0.1, 0.15) is 0 Å². The minimum atomic E-state index is 0.143. The highest BCUT2D eigenvalue weighted by Gasteiger charge is 2.32. The van der Waals surface area contributed by atoms with Gasteiger partial charge in [-0.25, -0.2) is 0 Å². The Kier molecular flexibility index (Phi) is 4.70. The van der Waals surface area contributed by atoms with Crippen molar-refractivity contribution in [3.8, 4) is 0 Å². The molecular formula is C15H22N2O2S. The molecular weight excluding hydrogens is 272 g/mol. The molecule has 0 radical (unpaired) electrons. The number of ether oxygens (including phenoxy) is 1. The van der Waals surface area contributed by atoms with Crippen LogP contribution in [-0.4, -0.2) is 43.2 Å². The van der Waals surface area contributed by atoms with E-state index >= 15 is 0 Å². The Morgan fingerprint density at radius 3 is 3.00 bits per heavy atom. The fourth-order valence-electron chi connectivity index (χ4n) is 2.68. The quantitative estimate of drug-likeness (QED) is 0.834. The second-order valence-corrected chi connectivity index (χ2v) is 6.78. The van der Waals surface area contributed by atoms with E-state index in [1.807, 2.05) is 11.4 Å². The van der Waals surface area contributed by atoms with Gasteiger partial charge in [0.15, 0.2) is 0 Å². The molecule has 1 aliphatic heterocycles. The first-order valence-corrected chi connectivity index (χ1v) is 8.30. The van der Waals surface area contributed by atoms with Crippen molar-refractivity contribution >= 4 is 17.2 Å². The molecule has 1 saturated carbocycles. The lowest BCUT2D eigenvalue weighted by Crippen LogP contribution is -2.40. The van der Waals surface area contributed by atoms with Gasteiger partial charge in [0.05, 0.1) is 19.7 Å². The highest BCUT2D eigenvalue weighted by atomic mass is 32.1. The van der Waals surface area contributed by atoms with Crippen molar-refractivity contribution < 1.29 is 9.53 Å². The van der Waals surface area contributed by atoms with E-state index in [-0.39, 0.29) is 5.91 Å². The number of hydrogen-bond acceptors (Lipinski definition) is 4. The Morgan fingerprint density at radius 1 is 1.45 bits per heavy atom. The number of rotatable bonds is 7. The smallest absolute Gasteiger partial charge is 0.234 e. The number of nitrogens with one attached hydrogen (secondary N) is 1. The van der Waals surface area contributed by atoms with Gasteiger partial charge < -0.3 is 10.1 Å². The molecule has 2 heterocycles. The first-order valence-electron chi connectivity index (χ1n) is 7.42. The fourth-order valence-corrected chi connectivity index (χ4v) is 3.33. The van der Waals surface area contributed by atoms with E-state index in [0.29, 0.717) is 25.0 Å². The Bertz CT molecular complexity index is 425. The summed E-state index contributed by atoms with van der Waals surface area (Å²) in [6.07, 6.45) is 3.62. The summed E-state index contributed by atoms with van der Waals surface area (Å²) in [6, 6.07) is 4.70. The zero-order valence-electron chi connectivity index (χ0n) is 11.7. The Morgan fingerprint density at radius 2 is 2.35 bits per heavy atom. The van der Waals surface area contributed by atoms with Crippen LogP contribution in [0.4, 0.5) is 0 Å². The lowest BCUT2D eigenvalue weighted by molar-refractivity contribution is -0.122. The third-order valence-corrected chi connectivity index (χ3v) is 4.84. The Hall–Kier alpha value is -0.910. The summed E-state index contributed by atoms with van der Waals surface area (Å²) in [7, 11) is 0. The van der Waals surface area contributed by atoms with Crippen LogP contribution < -0.4 is 5.32 Å². The normalized spacial score (nSPS) is 22.4. The minimum absolute atomic E-state index is 0.143. The molecule has 1 amide bonds. The summed E-state index contributed by atoms with van der Waals surface area (Å²) in [5, 5.41) is 5.06. The number of carbonyl (C=O) groups is 1. The monoisotopic (exact) mass is 294 g/mol. The number of hydrogen-bond donors (Lipinski definition) is 1. The molecule has 2 aliphatic rings. The Labute approximate surface area is 124 Å². The fraction of sp³-hybridized carbons (Fsp3) is 0.667. The van der Waals surface area contributed by atoms with Gasteiger partial charge >= 0.3 is 0 Å². The van der Waals surface area contributed by atoms with Crippen molar-refractivity contribution in [3.05, 3.63) is 22.4 Å². The molecule has 2 fully saturated rings. The largest absolute Gasteiger partial charge is 0.381 e. The lowest BCUT2D eigenvalue weighted by atomic mass is 10.1. The molecule has 0 bridgehead atoms. The molecule has 3 rings (SSSR count). The summed E-state index contributed by atoms with van der Waals surface area (Å²) in [6.45, 7) is 3.94. The predicted molar refractivity (Wildman–Crippen MR) is 79.7 cm³/mol. The van der Waals surface area contributed by atoms with Gasteiger partial charge in [-0.1, -0.05) is 6.07 Å². The van der Waals surface area contributed by atoms with E-state index in [1.165, 1.54) is 17.7 Å². The first kappa shape index (κ1) is 14.0. The number of thiophene rings is 1. The molecule has 5 heteroatoms. The molecule has 0 aromatic carbocycles. The highest BCUT2D eigenvalue weighted by Crippen LogP contribution is 2.28. The molecule has 0 spiro atoms. The maximum atomic E-state index is 12.1. The van der Waals surface area contributed by atoms with Gasteiger partial charge in [-0.3, -0.25) is 9.69 Å². The predicted octanol–water partition coefficient (Wildman–Crippen LogP) is 1.87. The molecule has 1 N–H and O–H groups in total. The molecule has 1 aromatic rings. The molecule has 1 atom stereocenters. The molecule has 110 valence electrons. The second kappa shape index (κ2) is 6.70. The van der Waals surface area contributed by atoms with Crippen molar-refractivity contribution in [1.82, 2.24) is 10.2 Å². The van der Waals surface area contributed by atoms with Crippen LogP contribution in [0.3, 0.4) is 0 Å². The van der Waals surface area contributed by atoms with E-state index in [2.05, 4.69) is 16.3 Å². The lowest BCUT2D eigenvalue weighted by Gasteiger charge is -2.24. The van der Waals surface area contributed by atoms with Crippen LogP contribution in [-0.2, 0) is 16.1 Å². The molecule has 1 aromatic heterocycles. The maximum absolute atomic E-state index is 12.1. The molecule has 1 saturated heterocycles. The van der Waals surface area contributed by atoms with Gasteiger partial charge in [0, 0.05) is 24.1 Å². The van der Waals surface area contributed by atoms with Crippen LogP contribution in [0, 0.1) is 5.92 Å². The summed E-state index contributed by atoms with van der Waals surface area (Å²) in [5.41, 5.74) is 0. The average Bonchev–Trinajstić information content (AvgIpc) is 2.94. The topological polar surface area (TPSA) is 41.6 Å². The van der Waals surface area contributed by atoms with Crippen molar-refractivity contribution in [2.75, 3.05) is 26.3 Å². The summed E-state index contributed by atoms with van der Waals surface area (Å²) < 4.78 is 5.43. The summed E-state index contributed by atoms with van der Waals surface area (Å²) in [5.74, 6) is 0.755.